The summed E-state index contributed by atoms with van der Waals surface area (Å²) in [7, 11) is 0. The molecule has 0 aliphatic heterocycles. The average Bonchev–Trinajstić information content (AvgIpc) is 3.06. The van der Waals surface area contributed by atoms with E-state index in [0.717, 1.165) is 0 Å². The molecule has 0 saturated heterocycles. The smallest absolute Gasteiger partial charge is 0.164 e. The molecule has 4 rings (SSSR count). The number of phenolic OH excluding ortho intramolecular Hbond substituents is 1. The van der Waals surface area contributed by atoms with E-state index < -0.39 is 6.10 Å². The molecule has 0 saturated carbocycles. The second-order valence-electron chi connectivity index (χ2n) is 5.31. The van der Waals surface area contributed by atoms with Gasteiger partial charge in [-0.2, -0.15) is 0 Å². The number of hydrogen-bond donors (Lipinski definition) is 3. The molecule has 0 amide bonds. The van der Waals surface area contributed by atoms with Crippen LogP contribution in [0, 0.1) is 0 Å². The van der Waals surface area contributed by atoms with Crippen LogP contribution in [0.2, 0.25) is 0 Å². The highest BCUT2D eigenvalue weighted by Gasteiger charge is 2.20. The van der Waals surface area contributed by atoms with Crippen LogP contribution in [-0.4, -0.2) is 35.6 Å². The van der Waals surface area contributed by atoms with E-state index in [4.69, 9.17) is 0 Å². The van der Waals surface area contributed by atoms with Gasteiger partial charge in [-0.3, -0.25) is 4.98 Å². The van der Waals surface area contributed by atoms with E-state index >= 15 is 0 Å². The standard InChI is InChI=1S/C17H13N5O2/c23-11-6-4-10(5-7-11)16(24)12-9-19-17-14(12)15(20-22-21-17)13-3-1-2-8-18-13/h1-9,16,23-24H,(H,19,20,21). The largest absolute Gasteiger partial charge is 0.508 e. The lowest BCUT2D eigenvalue weighted by Gasteiger charge is -2.11. The molecule has 0 spiro atoms. The summed E-state index contributed by atoms with van der Waals surface area (Å²) in [6, 6.07) is 11.9. The second kappa shape index (κ2) is 5.71. The molecule has 118 valence electrons. The summed E-state index contributed by atoms with van der Waals surface area (Å²) in [6.45, 7) is 0. The number of phenols is 1. The Kier molecular flexibility index (Phi) is 3.40. The average molecular weight is 319 g/mol. The van der Waals surface area contributed by atoms with Crippen molar-refractivity contribution < 1.29 is 10.2 Å². The number of nitrogens with zero attached hydrogens (tertiary/aromatic N) is 4. The normalized spacial score (nSPS) is 12.4. The van der Waals surface area contributed by atoms with E-state index in [-0.39, 0.29) is 5.75 Å². The van der Waals surface area contributed by atoms with Crippen LogP contribution in [-0.2, 0) is 0 Å². The minimum absolute atomic E-state index is 0.145. The van der Waals surface area contributed by atoms with E-state index in [0.29, 0.717) is 33.5 Å². The number of aliphatic hydroxyl groups excluding tert-OH is 1. The van der Waals surface area contributed by atoms with Crippen molar-refractivity contribution in [2.45, 2.75) is 6.10 Å². The first kappa shape index (κ1) is 14.3. The molecule has 3 N–H and O–H groups in total. The van der Waals surface area contributed by atoms with Crippen LogP contribution in [0.1, 0.15) is 17.2 Å². The molecule has 1 atom stereocenters. The SMILES string of the molecule is Oc1ccc(C(O)c2c[nH]c3nnnc(-c4ccccn4)c23)cc1. The predicted molar refractivity (Wildman–Crippen MR) is 87.1 cm³/mol. The third kappa shape index (κ3) is 2.37. The fraction of sp³-hybridized carbons (Fsp3) is 0.0588. The third-order valence-electron chi connectivity index (χ3n) is 3.83. The molecule has 1 unspecified atom stereocenters. The Hall–Kier alpha value is -3.32. The number of hydrogen-bond acceptors (Lipinski definition) is 6. The van der Waals surface area contributed by atoms with Crippen molar-refractivity contribution >= 4 is 11.0 Å². The molecule has 1 aromatic carbocycles. The number of nitrogens with one attached hydrogen (secondary N) is 1. The maximum absolute atomic E-state index is 10.7. The van der Waals surface area contributed by atoms with Gasteiger partial charge in [0.15, 0.2) is 5.65 Å². The number of rotatable bonds is 3. The molecular formula is C17H13N5O2. The van der Waals surface area contributed by atoms with Crippen LogP contribution in [0.4, 0.5) is 0 Å². The quantitative estimate of drug-likeness (QED) is 0.534. The summed E-state index contributed by atoms with van der Waals surface area (Å²) >= 11 is 0. The Morgan fingerprint density at radius 3 is 2.58 bits per heavy atom. The van der Waals surface area contributed by atoms with Crippen LogP contribution in [0.25, 0.3) is 22.4 Å². The number of fused-ring (bicyclic) bond motifs is 1. The Bertz CT molecular complexity index is 983. The Balaban J connectivity index is 1.89. The molecule has 7 heteroatoms. The first-order chi connectivity index (χ1) is 11.7. The number of H-pyrrole nitrogens is 1. The van der Waals surface area contributed by atoms with Crippen molar-refractivity contribution in [1.29, 1.82) is 0 Å². The van der Waals surface area contributed by atoms with Crippen molar-refractivity contribution in [2.24, 2.45) is 0 Å². The summed E-state index contributed by atoms with van der Waals surface area (Å²) in [4.78, 5) is 7.31. The highest BCUT2D eigenvalue weighted by atomic mass is 16.3. The van der Waals surface area contributed by atoms with E-state index in [9.17, 15) is 10.2 Å². The predicted octanol–water partition coefficient (Wildman–Crippen LogP) is 2.20. The van der Waals surface area contributed by atoms with Gasteiger partial charge in [0.25, 0.3) is 0 Å². The maximum Gasteiger partial charge on any atom is 0.164 e. The van der Waals surface area contributed by atoms with Gasteiger partial charge in [0.1, 0.15) is 17.5 Å². The fourth-order valence-electron chi connectivity index (χ4n) is 2.65. The molecule has 0 aliphatic rings. The fourth-order valence-corrected chi connectivity index (χ4v) is 2.65. The third-order valence-corrected chi connectivity index (χ3v) is 3.83. The number of aromatic amines is 1. The van der Waals surface area contributed by atoms with Gasteiger partial charge < -0.3 is 15.2 Å². The van der Waals surface area contributed by atoms with Crippen LogP contribution in [0.5, 0.6) is 5.75 Å². The Labute approximate surface area is 136 Å². The topological polar surface area (TPSA) is 108 Å². The van der Waals surface area contributed by atoms with E-state index in [2.05, 4.69) is 25.4 Å². The zero-order valence-corrected chi connectivity index (χ0v) is 12.5. The first-order valence-corrected chi connectivity index (χ1v) is 7.33. The second-order valence-corrected chi connectivity index (χ2v) is 5.31. The summed E-state index contributed by atoms with van der Waals surface area (Å²) in [5.41, 5.74) is 3.00. The van der Waals surface area contributed by atoms with E-state index in [1.54, 1.807) is 24.5 Å². The van der Waals surface area contributed by atoms with Crippen LogP contribution < -0.4 is 0 Å². The van der Waals surface area contributed by atoms with Gasteiger partial charge in [0.2, 0.25) is 0 Å². The molecule has 7 nitrogen and oxygen atoms in total. The van der Waals surface area contributed by atoms with Crippen molar-refractivity contribution in [3.05, 3.63) is 66.0 Å². The van der Waals surface area contributed by atoms with Gasteiger partial charge >= 0.3 is 0 Å². The van der Waals surface area contributed by atoms with Crippen molar-refractivity contribution in [1.82, 2.24) is 25.4 Å². The van der Waals surface area contributed by atoms with Gasteiger partial charge in [-0.25, -0.2) is 0 Å². The lowest BCUT2D eigenvalue weighted by molar-refractivity contribution is 0.222. The minimum atomic E-state index is -0.896. The van der Waals surface area contributed by atoms with Crippen molar-refractivity contribution in [3.8, 4) is 17.1 Å². The maximum atomic E-state index is 10.7. The molecule has 0 fully saturated rings. The van der Waals surface area contributed by atoms with Crippen LogP contribution in [0.15, 0.2) is 54.9 Å². The highest BCUT2D eigenvalue weighted by molar-refractivity contribution is 5.92. The summed E-state index contributed by atoms with van der Waals surface area (Å²) in [5, 5.41) is 32.7. The molecule has 24 heavy (non-hydrogen) atoms. The monoisotopic (exact) mass is 319 g/mol. The van der Waals surface area contributed by atoms with Crippen LogP contribution in [0.3, 0.4) is 0 Å². The number of pyridine rings is 1. The lowest BCUT2D eigenvalue weighted by Crippen LogP contribution is -2.01. The van der Waals surface area contributed by atoms with E-state index in [1.807, 2.05) is 18.2 Å². The van der Waals surface area contributed by atoms with Gasteiger partial charge in [-0.15, -0.1) is 10.2 Å². The molecule has 0 radical (unpaired) electrons. The number of aromatic nitrogens is 5. The number of aliphatic hydroxyl groups is 1. The molecular weight excluding hydrogens is 306 g/mol. The minimum Gasteiger partial charge on any atom is -0.508 e. The molecule has 0 aliphatic carbocycles. The Morgan fingerprint density at radius 1 is 1.00 bits per heavy atom. The van der Waals surface area contributed by atoms with Crippen LogP contribution >= 0.6 is 0 Å². The van der Waals surface area contributed by atoms with Gasteiger partial charge in [0.05, 0.1) is 11.1 Å². The zero-order valence-electron chi connectivity index (χ0n) is 12.5. The summed E-state index contributed by atoms with van der Waals surface area (Å²) < 4.78 is 0. The lowest BCUT2D eigenvalue weighted by atomic mass is 10.00. The highest BCUT2D eigenvalue weighted by Crippen LogP contribution is 2.33. The van der Waals surface area contributed by atoms with Gasteiger partial charge in [-0.05, 0) is 35.0 Å². The van der Waals surface area contributed by atoms with Crippen molar-refractivity contribution in [2.75, 3.05) is 0 Å². The van der Waals surface area contributed by atoms with Gasteiger partial charge in [-0.1, -0.05) is 18.2 Å². The molecule has 3 aromatic heterocycles. The first-order valence-electron chi connectivity index (χ1n) is 7.33. The van der Waals surface area contributed by atoms with Gasteiger partial charge in [0, 0.05) is 18.0 Å². The van der Waals surface area contributed by atoms with E-state index in [1.165, 1.54) is 12.1 Å². The van der Waals surface area contributed by atoms with Crippen molar-refractivity contribution in [3.63, 3.8) is 0 Å². The molecule has 3 heterocycles. The zero-order chi connectivity index (χ0) is 16.5. The molecule has 4 aromatic rings. The Morgan fingerprint density at radius 2 is 1.83 bits per heavy atom. The molecule has 0 bridgehead atoms. The number of benzene rings is 1. The summed E-state index contributed by atoms with van der Waals surface area (Å²) in [5.74, 6) is 0.145. The number of aromatic hydroxyl groups is 1. The summed E-state index contributed by atoms with van der Waals surface area (Å²) in [6.07, 6.45) is 2.46.